The van der Waals surface area contributed by atoms with Gasteiger partial charge in [0.15, 0.2) is 0 Å². The Morgan fingerprint density at radius 3 is 2.69 bits per heavy atom. The minimum absolute atomic E-state index is 0.575. The van der Waals surface area contributed by atoms with Crippen LogP contribution in [0.1, 0.15) is 26.7 Å². The van der Waals surface area contributed by atoms with Gasteiger partial charge in [0, 0.05) is 26.1 Å². The number of hydrogen-bond acceptors (Lipinski definition) is 3. The van der Waals surface area contributed by atoms with Crippen LogP contribution < -0.4 is 5.32 Å². The van der Waals surface area contributed by atoms with Gasteiger partial charge >= 0.3 is 0 Å². The van der Waals surface area contributed by atoms with E-state index in [2.05, 4.69) is 25.2 Å². The maximum absolute atomic E-state index is 8.25. The second-order valence-electron chi connectivity index (χ2n) is 3.45. The summed E-state index contributed by atoms with van der Waals surface area (Å²) in [5.74, 6) is 0.714. The zero-order valence-electron chi connectivity index (χ0n) is 8.68. The van der Waals surface area contributed by atoms with Gasteiger partial charge in [-0.2, -0.15) is 5.26 Å². The Kier molecular flexibility index (Phi) is 9.07. The Morgan fingerprint density at radius 2 is 2.08 bits per heavy atom. The molecule has 0 atom stereocenters. The van der Waals surface area contributed by atoms with Crippen LogP contribution in [0.2, 0.25) is 0 Å². The second-order valence-corrected chi connectivity index (χ2v) is 3.45. The fourth-order valence-corrected chi connectivity index (χ4v) is 0.835. The van der Waals surface area contributed by atoms with Gasteiger partial charge in [0.05, 0.1) is 12.7 Å². The molecule has 0 radical (unpaired) electrons. The molecule has 76 valence electrons. The van der Waals surface area contributed by atoms with Crippen LogP contribution in [0.25, 0.3) is 0 Å². The van der Waals surface area contributed by atoms with Crippen LogP contribution in [-0.2, 0) is 4.74 Å². The highest BCUT2D eigenvalue weighted by atomic mass is 16.5. The fraction of sp³-hybridized carbons (Fsp3) is 0.900. The first-order valence-corrected chi connectivity index (χ1v) is 4.92. The van der Waals surface area contributed by atoms with Crippen molar-refractivity contribution >= 4 is 0 Å². The molecule has 0 amide bonds. The second kappa shape index (κ2) is 9.50. The molecule has 0 heterocycles. The molecule has 3 nitrogen and oxygen atoms in total. The van der Waals surface area contributed by atoms with Crippen molar-refractivity contribution in [1.82, 2.24) is 5.32 Å². The maximum Gasteiger partial charge on any atom is 0.0635 e. The summed E-state index contributed by atoms with van der Waals surface area (Å²) in [5.41, 5.74) is 0. The lowest BCUT2D eigenvalue weighted by atomic mass is 10.1. The molecule has 0 spiro atoms. The highest BCUT2D eigenvalue weighted by molar-refractivity contribution is 4.69. The number of rotatable bonds is 8. The average molecular weight is 184 g/mol. The van der Waals surface area contributed by atoms with E-state index in [1.165, 1.54) is 0 Å². The molecule has 0 aliphatic heterocycles. The summed E-state index contributed by atoms with van der Waals surface area (Å²) >= 11 is 0. The van der Waals surface area contributed by atoms with Gasteiger partial charge in [-0.25, -0.2) is 0 Å². The molecule has 0 aromatic carbocycles. The fourth-order valence-electron chi connectivity index (χ4n) is 0.835. The number of nitriles is 1. The maximum atomic E-state index is 8.25. The van der Waals surface area contributed by atoms with Gasteiger partial charge in [0.2, 0.25) is 0 Å². The van der Waals surface area contributed by atoms with E-state index in [1.54, 1.807) is 0 Å². The Morgan fingerprint density at radius 1 is 1.31 bits per heavy atom. The predicted octanol–water partition coefficient (Wildman–Crippen LogP) is 1.55. The predicted molar refractivity (Wildman–Crippen MR) is 53.4 cm³/mol. The first kappa shape index (κ1) is 12.4. The van der Waals surface area contributed by atoms with Gasteiger partial charge in [-0.3, -0.25) is 0 Å². The average Bonchev–Trinajstić information content (AvgIpc) is 2.09. The summed E-state index contributed by atoms with van der Waals surface area (Å²) in [5, 5.41) is 11.4. The third-order valence-corrected chi connectivity index (χ3v) is 1.68. The largest absolute Gasteiger partial charge is 0.380 e. The lowest BCUT2D eigenvalue weighted by molar-refractivity contribution is 0.125. The summed E-state index contributed by atoms with van der Waals surface area (Å²) in [7, 11) is 0. The molecule has 0 saturated carbocycles. The van der Waals surface area contributed by atoms with E-state index in [1.807, 2.05) is 0 Å². The smallest absolute Gasteiger partial charge is 0.0635 e. The van der Waals surface area contributed by atoms with Gasteiger partial charge in [0.25, 0.3) is 0 Å². The normalized spacial score (nSPS) is 10.3. The molecule has 0 aliphatic rings. The zero-order valence-corrected chi connectivity index (χ0v) is 8.68. The summed E-state index contributed by atoms with van der Waals surface area (Å²) in [6.45, 7) is 7.59. The van der Waals surface area contributed by atoms with Crippen LogP contribution in [0.15, 0.2) is 0 Å². The topological polar surface area (TPSA) is 45.0 Å². The van der Waals surface area contributed by atoms with E-state index in [0.717, 1.165) is 32.7 Å². The molecule has 3 heteroatoms. The summed E-state index contributed by atoms with van der Waals surface area (Å²) in [6, 6.07) is 2.08. The molecule has 1 N–H and O–H groups in total. The van der Waals surface area contributed by atoms with Crippen molar-refractivity contribution in [2.45, 2.75) is 26.7 Å². The molecule has 13 heavy (non-hydrogen) atoms. The van der Waals surface area contributed by atoms with Crippen molar-refractivity contribution in [2.75, 3.05) is 26.3 Å². The van der Waals surface area contributed by atoms with Gasteiger partial charge in [-0.15, -0.1) is 0 Å². The van der Waals surface area contributed by atoms with Crippen LogP contribution >= 0.6 is 0 Å². The first-order chi connectivity index (χ1) is 6.27. The third kappa shape index (κ3) is 11.4. The number of nitrogens with one attached hydrogen (secondary N) is 1. The lowest BCUT2D eigenvalue weighted by Crippen LogP contribution is -2.20. The van der Waals surface area contributed by atoms with Crippen molar-refractivity contribution in [1.29, 1.82) is 5.26 Å². The van der Waals surface area contributed by atoms with Gasteiger partial charge in [-0.1, -0.05) is 13.8 Å². The SMILES string of the molecule is CC(C)CCOCCNCCC#N. The molecule has 0 aliphatic carbocycles. The van der Waals surface area contributed by atoms with Crippen molar-refractivity contribution in [2.24, 2.45) is 5.92 Å². The summed E-state index contributed by atoms with van der Waals surface area (Å²) < 4.78 is 5.38. The van der Waals surface area contributed by atoms with Gasteiger partial charge in [0.1, 0.15) is 0 Å². The molecular weight excluding hydrogens is 164 g/mol. The van der Waals surface area contributed by atoms with Gasteiger partial charge < -0.3 is 10.1 Å². The standard InChI is InChI=1S/C10H20N2O/c1-10(2)4-8-13-9-7-12-6-3-5-11/h10,12H,3-4,6-9H2,1-2H3. The molecule has 0 saturated heterocycles. The van der Waals surface area contributed by atoms with E-state index >= 15 is 0 Å². The lowest BCUT2D eigenvalue weighted by Gasteiger charge is -2.06. The highest BCUT2D eigenvalue weighted by Gasteiger charge is 1.93. The number of nitrogens with zero attached hydrogens (tertiary/aromatic N) is 1. The van der Waals surface area contributed by atoms with Crippen molar-refractivity contribution in [3.63, 3.8) is 0 Å². The van der Waals surface area contributed by atoms with Crippen LogP contribution in [0.3, 0.4) is 0 Å². The van der Waals surface area contributed by atoms with Crippen molar-refractivity contribution in [3.8, 4) is 6.07 Å². The van der Waals surface area contributed by atoms with E-state index in [4.69, 9.17) is 10.00 Å². The third-order valence-electron chi connectivity index (χ3n) is 1.68. The van der Waals surface area contributed by atoms with Crippen molar-refractivity contribution < 1.29 is 4.74 Å². The molecule has 0 rings (SSSR count). The Balaban J connectivity index is 2.88. The van der Waals surface area contributed by atoms with Crippen LogP contribution in [0.5, 0.6) is 0 Å². The molecule has 0 fully saturated rings. The Bertz CT molecular complexity index is 140. The van der Waals surface area contributed by atoms with E-state index in [0.29, 0.717) is 12.3 Å². The van der Waals surface area contributed by atoms with Crippen LogP contribution in [-0.4, -0.2) is 26.3 Å². The van der Waals surface area contributed by atoms with E-state index in [9.17, 15) is 0 Å². The van der Waals surface area contributed by atoms with Crippen molar-refractivity contribution in [3.05, 3.63) is 0 Å². The quantitative estimate of drug-likeness (QED) is 0.582. The first-order valence-electron chi connectivity index (χ1n) is 4.92. The highest BCUT2D eigenvalue weighted by Crippen LogP contribution is 1.97. The molecule has 0 bridgehead atoms. The Labute approximate surface area is 81.1 Å². The van der Waals surface area contributed by atoms with E-state index < -0.39 is 0 Å². The van der Waals surface area contributed by atoms with Gasteiger partial charge in [-0.05, 0) is 12.3 Å². The summed E-state index contributed by atoms with van der Waals surface area (Å²) in [4.78, 5) is 0. The minimum Gasteiger partial charge on any atom is -0.380 e. The molecule has 0 unspecified atom stereocenters. The molecule has 0 aromatic rings. The minimum atomic E-state index is 0.575. The van der Waals surface area contributed by atoms with Crippen LogP contribution in [0.4, 0.5) is 0 Å². The van der Waals surface area contributed by atoms with E-state index in [-0.39, 0.29) is 0 Å². The summed E-state index contributed by atoms with van der Waals surface area (Å²) in [6.07, 6.45) is 1.70. The monoisotopic (exact) mass is 184 g/mol. The number of hydrogen-bond donors (Lipinski definition) is 1. The number of ether oxygens (including phenoxy) is 1. The van der Waals surface area contributed by atoms with Crippen LogP contribution in [0, 0.1) is 17.2 Å². The molecule has 0 aromatic heterocycles. The zero-order chi connectivity index (χ0) is 9.94. The molecular formula is C10H20N2O. The Hall–Kier alpha value is -0.590.